The summed E-state index contributed by atoms with van der Waals surface area (Å²) in [6.45, 7) is 2.03. The molecule has 5 N–H and O–H groups in total. The average molecular weight is 451 g/mol. The van der Waals surface area contributed by atoms with E-state index in [1.54, 1.807) is 6.33 Å². The predicted molar refractivity (Wildman–Crippen MR) is 106 cm³/mol. The van der Waals surface area contributed by atoms with Crippen LogP contribution < -0.4 is 0 Å². The number of nitrogens with one attached hydrogen (secondary N) is 1. The van der Waals surface area contributed by atoms with Crippen molar-refractivity contribution in [2.24, 2.45) is 11.8 Å². The molecular weight excluding hydrogens is 422 g/mol. The van der Waals surface area contributed by atoms with Crippen LogP contribution in [-0.2, 0) is 25.4 Å². The molecule has 0 aromatic carbocycles. The lowest BCUT2D eigenvalue weighted by molar-refractivity contribution is -0.342. The van der Waals surface area contributed by atoms with Gasteiger partial charge in [-0.1, -0.05) is 6.92 Å². The molecule has 0 spiro atoms. The van der Waals surface area contributed by atoms with Gasteiger partial charge in [-0.3, -0.25) is 4.79 Å². The van der Waals surface area contributed by atoms with Gasteiger partial charge in [-0.2, -0.15) is 0 Å². The Kier molecular flexibility index (Phi) is 5.72. The first-order valence-corrected chi connectivity index (χ1v) is 11.1. The Morgan fingerprint density at radius 1 is 1.25 bits per heavy atom. The lowest BCUT2D eigenvalue weighted by atomic mass is 9.73. The van der Waals surface area contributed by atoms with E-state index < -0.39 is 43.6 Å². The van der Waals surface area contributed by atoms with E-state index in [0.717, 1.165) is 11.4 Å². The summed E-state index contributed by atoms with van der Waals surface area (Å²) in [6.07, 6.45) is -2.60. The molecule has 11 nitrogen and oxygen atoms in total. The van der Waals surface area contributed by atoms with E-state index in [9.17, 15) is 25.2 Å². The smallest absolute Gasteiger partial charge is 0.253 e. The molecule has 5 heterocycles. The third-order valence-electron chi connectivity index (χ3n) is 7.22. The Hall–Kier alpha value is -2.02. The fourth-order valence-electron chi connectivity index (χ4n) is 5.43. The van der Waals surface area contributed by atoms with Crippen LogP contribution >= 0.6 is 0 Å². The zero-order valence-corrected chi connectivity index (χ0v) is 17.7. The number of piperidine rings is 1. The Bertz CT molecular complexity index is 888. The molecule has 0 unspecified atom stereocenters. The van der Waals surface area contributed by atoms with Crippen molar-refractivity contribution in [2.45, 2.75) is 69.2 Å². The molecule has 0 bridgehead atoms. The number of hydrogen-bond acceptors (Lipinski definition) is 9. The monoisotopic (exact) mass is 451 g/mol. The van der Waals surface area contributed by atoms with Gasteiger partial charge in [-0.15, -0.1) is 0 Å². The Morgan fingerprint density at radius 3 is 2.81 bits per heavy atom. The minimum absolute atomic E-state index is 0.0590. The van der Waals surface area contributed by atoms with Gasteiger partial charge in [0.15, 0.2) is 6.29 Å². The van der Waals surface area contributed by atoms with Crippen molar-refractivity contribution in [1.82, 2.24) is 14.9 Å². The van der Waals surface area contributed by atoms with E-state index in [1.165, 1.54) is 6.26 Å². The number of nitrogens with zero attached hydrogens (tertiary/aromatic N) is 2. The number of fused-ring (bicyclic) bond motifs is 4. The molecule has 9 atom stereocenters. The first kappa shape index (κ1) is 21.8. The van der Waals surface area contributed by atoms with Crippen molar-refractivity contribution in [3.63, 3.8) is 0 Å². The second-order valence-electron chi connectivity index (χ2n) is 8.85. The number of carbonyl (C=O) groups is 1. The van der Waals surface area contributed by atoms with E-state index in [2.05, 4.69) is 9.97 Å². The molecule has 0 saturated carbocycles. The zero-order chi connectivity index (χ0) is 22.6. The summed E-state index contributed by atoms with van der Waals surface area (Å²) in [5.41, 5.74) is 2.56. The van der Waals surface area contributed by atoms with E-state index >= 15 is 0 Å². The Morgan fingerprint density at radius 2 is 2.06 bits per heavy atom. The molecule has 1 aromatic heterocycles. The summed E-state index contributed by atoms with van der Waals surface area (Å²) in [4.78, 5) is 22.7. The quantitative estimate of drug-likeness (QED) is 0.385. The zero-order valence-electron chi connectivity index (χ0n) is 17.7. The summed E-state index contributed by atoms with van der Waals surface area (Å²) < 4.78 is 17.2. The number of ether oxygens (including phenoxy) is 3. The summed E-state index contributed by atoms with van der Waals surface area (Å²) in [7, 11) is 0. The molecule has 176 valence electrons. The summed E-state index contributed by atoms with van der Waals surface area (Å²) in [5.74, 6) is -0.398. The number of hydrogen-bond donors (Lipinski definition) is 5. The van der Waals surface area contributed by atoms with E-state index in [-0.39, 0.29) is 23.8 Å². The maximum Gasteiger partial charge on any atom is 0.253 e. The second kappa shape index (κ2) is 8.40. The molecule has 2 fully saturated rings. The van der Waals surface area contributed by atoms with Gasteiger partial charge in [0.05, 0.1) is 42.2 Å². The number of rotatable bonds is 4. The number of aliphatic hydroxyl groups is 4. The van der Waals surface area contributed by atoms with Crippen LogP contribution in [0.2, 0.25) is 0 Å². The Balaban J connectivity index is 1.38. The summed E-state index contributed by atoms with van der Waals surface area (Å²) >= 11 is 0. The summed E-state index contributed by atoms with van der Waals surface area (Å²) in [6, 6.07) is -0.101. The molecule has 5 rings (SSSR count). The first-order valence-electron chi connectivity index (χ1n) is 11.1. The number of aromatic amines is 1. The van der Waals surface area contributed by atoms with E-state index in [1.807, 2.05) is 11.8 Å². The van der Waals surface area contributed by atoms with Crippen LogP contribution in [-0.4, -0.2) is 91.3 Å². The highest BCUT2D eigenvalue weighted by Crippen LogP contribution is 2.47. The van der Waals surface area contributed by atoms with Crippen LogP contribution in [0.15, 0.2) is 18.2 Å². The number of aliphatic hydroxyl groups excluding tert-OH is 4. The highest BCUT2D eigenvalue weighted by Gasteiger charge is 2.51. The van der Waals surface area contributed by atoms with Gasteiger partial charge in [0.1, 0.15) is 24.4 Å². The van der Waals surface area contributed by atoms with Crippen LogP contribution in [0.5, 0.6) is 0 Å². The number of H-pyrrole nitrogens is 1. The van der Waals surface area contributed by atoms with Gasteiger partial charge in [-0.05, 0) is 12.8 Å². The number of carbonyl (C=O) groups excluding carboxylic acids is 1. The minimum Gasteiger partial charge on any atom is -0.472 e. The highest BCUT2D eigenvalue weighted by molar-refractivity contribution is 5.95. The molecule has 11 heteroatoms. The first-order chi connectivity index (χ1) is 15.4. The molecule has 0 aliphatic carbocycles. The molecule has 4 aliphatic heterocycles. The standard InChI is InChI=1S/C21H29N3O8/c1-2-9-10-5-13-15-12(22-8-23-15)3-4-24(13)19(29)11(10)7-30-20(9)32-21-18(28)17(27)16(26)14(6-25)31-21/h7-10,13-14,16-18,20-21,25-28H,2-6H2,1H3,(H,22,23)/t9-,10+,13-,14-,16-,17+,18-,20+,21+/m1/s1. The maximum absolute atomic E-state index is 13.2. The van der Waals surface area contributed by atoms with Gasteiger partial charge in [0, 0.05) is 24.8 Å². The van der Waals surface area contributed by atoms with E-state index in [4.69, 9.17) is 14.2 Å². The molecule has 0 radical (unpaired) electrons. The van der Waals surface area contributed by atoms with Crippen molar-refractivity contribution in [3.8, 4) is 0 Å². The molecule has 32 heavy (non-hydrogen) atoms. The third-order valence-corrected chi connectivity index (χ3v) is 7.22. The van der Waals surface area contributed by atoms with Gasteiger partial charge < -0.3 is 44.5 Å². The van der Waals surface area contributed by atoms with Crippen molar-refractivity contribution < 1.29 is 39.4 Å². The normalized spacial score (nSPS) is 41.3. The maximum atomic E-state index is 13.2. The van der Waals surface area contributed by atoms with Gasteiger partial charge in [0.25, 0.3) is 5.91 Å². The highest BCUT2D eigenvalue weighted by atomic mass is 16.8. The van der Waals surface area contributed by atoms with Crippen LogP contribution in [0.3, 0.4) is 0 Å². The summed E-state index contributed by atoms with van der Waals surface area (Å²) in [5, 5.41) is 39.8. The number of aromatic nitrogens is 2. The molecule has 2 saturated heterocycles. The minimum atomic E-state index is -1.54. The van der Waals surface area contributed by atoms with Crippen LogP contribution in [0.4, 0.5) is 0 Å². The number of amides is 1. The SMILES string of the molecule is CC[C@H]1[C@H](O[C@@H]2O[C@H](CO)[C@@H](O)[C@H](O)[C@H]2O)OC=C2C(=O)N3CCc4nc[nH]c4[C@H]3C[C@H]21. The van der Waals surface area contributed by atoms with Gasteiger partial charge >= 0.3 is 0 Å². The largest absolute Gasteiger partial charge is 0.472 e. The van der Waals surface area contributed by atoms with Crippen molar-refractivity contribution in [3.05, 3.63) is 29.6 Å². The van der Waals surface area contributed by atoms with Crippen LogP contribution in [0.1, 0.15) is 37.2 Å². The molecule has 4 aliphatic rings. The fourth-order valence-corrected chi connectivity index (χ4v) is 5.43. The van der Waals surface area contributed by atoms with Crippen LogP contribution in [0, 0.1) is 11.8 Å². The van der Waals surface area contributed by atoms with Crippen molar-refractivity contribution in [2.75, 3.05) is 13.2 Å². The van der Waals surface area contributed by atoms with Gasteiger partial charge in [0.2, 0.25) is 6.29 Å². The molecule has 1 amide bonds. The fraction of sp³-hybridized carbons (Fsp3) is 0.714. The van der Waals surface area contributed by atoms with Crippen molar-refractivity contribution in [1.29, 1.82) is 0 Å². The predicted octanol–water partition coefficient (Wildman–Crippen LogP) is -1.06. The molecule has 1 aromatic rings. The third kappa shape index (κ3) is 3.35. The second-order valence-corrected chi connectivity index (χ2v) is 8.85. The number of imidazole rings is 1. The average Bonchev–Trinajstić information content (AvgIpc) is 3.29. The Labute approximate surface area is 184 Å². The lowest BCUT2D eigenvalue weighted by Gasteiger charge is -2.48. The van der Waals surface area contributed by atoms with Crippen LogP contribution in [0.25, 0.3) is 0 Å². The van der Waals surface area contributed by atoms with E-state index in [0.29, 0.717) is 31.4 Å². The van der Waals surface area contributed by atoms with Gasteiger partial charge in [-0.25, -0.2) is 4.98 Å². The molecular formula is C21H29N3O8. The lowest BCUT2D eigenvalue weighted by Crippen LogP contribution is -2.60. The van der Waals surface area contributed by atoms with Crippen molar-refractivity contribution >= 4 is 5.91 Å². The topological polar surface area (TPSA) is 158 Å².